The van der Waals surface area contributed by atoms with Crippen LogP contribution in [-0.4, -0.2) is 24.3 Å². The lowest BCUT2D eigenvalue weighted by Crippen LogP contribution is -2.15. The van der Waals surface area contributed by atoms with Crippen LogP contribution in [0.1, 0.15) is 34.0 Å². The molecule has 28 heavy (non-hydrogen) atoms. The predicted molar refractivity (Wildman–Crippen MR) is 105 cm³/mol. The highest BCUT2D eigenvalue weighted by molar-refractivity contribution is 5.99. The van der Waals surface area contributed by atoms with Crippen LogP contribution in [-0.2, 0) is 20.7 Å². The third-order valence-electron chi connectivity index (χ3n) is 4.50. The topological polar surface area (TPSA) is 85.6 Å². The minimum absolute atomic E-state index is 0.0320. The van der Waals surface area contributed by atoms with Gasteiger partial charge in [-0.1, -0.05) is 0 Å². The molecule has 144 valence electrons. The Morgan fingerprint density at radius 1 is 1.04 bits per heavy atom. The van der Waals surface area contributed by atoms with E-state index in [2.05, 4.69) is 5.32 Å². The minimum atomic E-state index is -0.496. The van der Waals surface area contributed by atoms with Gasteiger partial charge in [0.05, 0.1) is 12.7 Å². The number of amides is 1. The largest absolute Gasteiger partial charge is 0.464 e. The number of furan rings is 1. The van der Waals surface area contributed by atoms with Crippen molar-refractivity contribution < 1.29 is 23.5 Å². The number of hydrogen-bond donors (Lipinski definition) is 1. The van der Waals surface area contributed by atoms with Gasteiger partial charge >= 0.3 is 5.97 Å². The molecule has 0 saturated carbocycles. The van der Waals surface area contributed by atoms with Crippen molar-refractivity contribution in [1.82, 2.24) is 0 Å². The van der Waals surface area contributed by atoms with Crippen LogP contribution in [0.2, 0.25) is 0 Å². The van der Waals surface area contributed by atoms with Crippen molar-refractivity contribution in [2.75, 3.05) is 11.9 Å². The molecule has 0 spiro atoms. The van der Waals surface area contributed by atoms with Crippen LogP contribution < -0.4 is 5.32 Å². The van der Waals surface area contributed by atoms with Crippen LogP contribution in [0, 0.1) is 13.8 Å². The van der Waals surface area contributed by atoms with E-state index in [0.717, 1.165) is 27.7 Å². The predicted octanol–water partition coefficient (Wildman–Crippen LogP) is 3.98. The van der Waals surface area contributed by atoms with E-state index in [0.29, 0.717) is 11.3 Å². The maximum atomic E-state index is 12.2. The summed E-state index contributed by atoms with van der Waals surface area (Å²) in [5.74, 6) is -1.000. The Kier molecular flexibility index (Phi) is 5.59. The molecule has 0 fully saturated rings. The summed E-state index contributed by atoms with van der Waals surface area (Å²) in [5, 5.41) is 3.50. The number of carbonyl (C=O) groups excluding carboxylic acids is 3. The van der Waals surface area contributed by atoms with Crippen LogP contribution in [0.3, 0.4) is 0 Å². The second-order valence-electron chi connectivity index (χ2n) is 6.71. The number of anilines is 1. The zero-order valence-electron chi connectivity index (χ0n) is 16.0. The average Bonchev–Trinajstić information content (AvgIpc) is 3.02. The van der Waals surface area contributed by atoms with E-state index in [1.54, 1.807) is 30.5 Å². The normalized spacial score (nSPS) is 10.7. The smallest absolute Gasteiger partial charge is 0.310 e. The molecule has 1 amide bonds. The van der Waals surface area contributed by atoms with Crippen LogP contribution in [0.15, 0.2) is 47.1 Å². The van der Waals surface area contributed by atoms with Crippen molar-refractivity contribution >= 4 is 34.3 Å². The van der Waals surface area contributed by atoms with Gasteiger partial charge in [-0.25, -0.2) is 0 Å². The molecule has 2 aromatic carbocycles. The van der Waals surface area contributed by atoms with Crippen molar-refractivity contribution in [3.63, 3.8) is 0 Å². The number of esters is 1. The lowest BCUT2D eigenvalue weighted by Gasteiger charge is -2.06. The molecule has 0 bridgehead atoms. The summed E-state index contributed by atoms with van der Waals surface area (Å²) >= 11 is 0. The van der Waals surface area contributed by atoms with E-state index < -0.39 is 5.97 Å². The van der Waals surface area contributed by atoms with Gasteiger partial charge in [-0.05, 0) is 61.4 Å². The van der Waals surface area contributed by atoms with E-state index >= 15 is 0 Å². The first-order valence-electron chi connectivity index (χ1n) is 8.87. The molecular formula is C22H21NO5. The first kappa shape index (κ1) is 19.4. The van der Waals surface area contributed by atoms with Crippen LogP contribution in [0.25, 0.3) is 11.0 Å². The highest BCUT2D eigenvalue weighted by atomic mass is 16.5. The first-order valence-corrected chi connectivity index (χ1v) is 8.87. The number of hydrogen-bond acceptors (Lipinski definition) is 5. The van der Waals surface area contributed by atoms with E-state index in [4.69, 9.17) is 9.15 Å². The van der Waals surface area contributed by atoms with Gasteiger partial charge < -0.3 is 14.5 Å². The van der Waals surface area contributed by atoms with Gasteiger partial charge in [-0.3, -0.25) is 14.4 Å². The number of Topliss-reactive ketones (excluding diaryl/α,β-unsaturated/α-hetero) is 1. The summed E-state index contributed by atoms with van der Waals surface area (Å²) < 4.78 is 10.6. The number of ketones is 1. The zero-order chi connectivity index (χ0) is 20.3. The van der Waals surface area contributed by atoms with Crippen LogP contribution >= 0.6 is 0 Å². The molecule has 6 nitrogen and oxygen atoms in total. The molecule has 0 radical (unpaired) electrons. The van der Waals surface area contributed by atoms with E-state index in [-0.39, 0.29) is 24.7 Å². The summed E-state index contributed by atoms with van der Waals surface area (Å²) in [6.45, 7) is 5.07. The fourth-order valence-corrected chi connectivity index (χ4v) is 2.85. The summed E-state index contributed by atoms with van der Waals surface area (Å²) in [7, 11) is 0. The Morgan fingerprint density at radius 3 is 2.39 bits per heavy atom. The fraction of sp³-hybridized carbons (Fsp3) is 0.227. The number of carbonyl (C=O) groups is 3. The second-order valence-corrected chi connectivity index (χ2v) is 6.71. The molecule has 1 N–H and O–H groups in total. The van der Waals surface area contributed by atoms with Crippen molar-refractivity contribution in [3.8, 4) is 0 Å². The highest BCUT2D eigenvalue weighted by Crippen LogP contribution is 2.25. The van der Waals surface area contributed by atoms with Gasteiger partial charge in [-0.2, -0.15) is 0 Å². The maximum Gasteiger partial charge on any atom is 0.310 e. The zero-order valence-corrected chi connectivity index (χ0v) is 16.0. The Hall–Kier alpha value is -3.41. The Balaban J connectivity index is 1.59. The lowest BCUT2D eigenvalue weighted by atomic mass is 10.0. The standard InChI is InChI=1S/C22H21NO5/c1-13-8-19-17(11-27-21(19)9-14(13)2)10-22(26)28-12-20(25)16-4-6-18(7-5-16)23-15(3)24/h4-9,11H,10,12H2,1-3H3,(H,23,24). The van der Waals surface area contributed by atoms with Crippen LogP contribution in [0.4, 0.5) is 5.69 Å². The molecule has 0 atom stereocenters. The molecule has 0 aliphatic carbocycles. The monoisotopic (exact) mass is 379 g/mol. The van der Waals surface area contributed by atoms with Crippen molar-refractivity contribution in [2.24, 2.45) is 0 Å². The Bertz CT molecular complexity index is 1050. The number of fused-ring (bicyclic) bond motifs is 1. The Morgan fingerprint density at radius 2 is 1.71 bits per heavy atom. The third kappa shape index (κ3) is 4.46. The molecule has 3 aromatic rings. The maximum absolute atomic E-state index is 12.2. The molecule has 1 heterocycles. The fourth-order valence-electron chi connectivity index (χ4n) is 2.85. The molecule has 3 rings (SSSR count). The molecule has 1 aromatic heterocycles. The summed E-state index contributed by atoms with van der Waals surface area (Å²) in [5.41, 5.74) is 4.68. The highest BCUT2D eigenvalue weighted by Gasteiger charge is 2.15. The lowest BCUT2D eigenvalue weighted by molar-refractivity contribution is -0.141. The Labute approximate surface area is 162 Å². The number of nitrogens with one attached hydrogen (secondary N) is 1. The number of ether oxygens (including phenoxy) is 1. The van der Waals surface area contributed by atoms with E-state index in [1.807, 2.05) is 26.0 Å². The minimum Gasteiger partial charge on any atom is -0.464 e. The molecule has 0 aliphatic rings. The van der Waals surface area contributed by atoms with Gasteiger partial charge in [0.25, 0.3) is 0 Å². The van der Waals surface area contributed by atoms with Crippen molar-refractivity contribution in [2.45, 2.75) is 27.2 Å². The summed E-state index contributed by atoms with van der Waals surface area (Å²) in [4.78, 5) is 35.4. The third-order valence-corrected chi connectivity index (χ3v) is 4.50. The molecular weight excluding hydrogens is 358 g/mol. The first-order chi connectivity index (χ1) is 13.3. The van der Waals surface area contributed by atoms with E-state index in [9.17, 15) is 14.4 Å². The van der Waals surface area contributed by atoms with Crippen molar-refractivity contribution in [3.05, 3.63) is 64.9 Å². The quantitative estimate of drug-likeness (QED) is 0.517. The number of rotatable bonds is 6. The van der Waals surface area contributed by atoms with Gasteiger partial charge in [0.2, 0.25) is 5.91 Å². The van der Waals surface area contributed by atoms with Gasteiger partial charge in [-0.15, -0.1) is 0 Å². The summed E-state index contributed by atoms with van der Waals surface area (Å²) in [6, 6.07) is 10.3. The molecule has 0 unspecified atom stereocenters. The van der Waals surface area contributed by atoms with Gasteiger partial charge in [0.1, 0.15) is 5.58 Å². The average molecular weight is 379 g/mol. The molecule has 6 heteroatoms. The van der Waals surface area contributed by atoms with Gasteiger partial charge in [0.15, 0.2) is 12.4 Å². The SMILES string of the molecule is CC(=O)Nc1ccc(C(=O)COC(=O)Cc2coc3cc(C)c(C)cc23)cc1. The second kappa shape index (κ2) is 8.08. The number of benzene rings is 2. The van der Waals surface area contributed by atoms with E-state index in [1.165, 1.54) is 6.92 Å². The number of aryl methyl sites for hydroxylation is 2. The molecule has 0 aliphatic heterocycles. The van der Waals surface area contributed by atoms with Gasteiger partial charge in [0, 0.05) is 29.1 Å². The molecule has 0 saturated heterocycles. The van der Waals surface area contributed by atoms with Crippen LogP contribution in [0.5, 0.6) is 0 Å². The summed E-state index contributed by atoms with van der Waals surface area (Å²) in [6.07, 6.45) is 1.58. The van der Waals surface area contributed by atoms with Crippen molar-refractivity contribution in [1.29, 1.82) is 0 Å².